The minimum Gasteiger partial charge on any atom is -0.331 e. The van der Waals surface area contributed by atoms with E-state index in [4.69, 9.17) is 0 Å². The molecule has 0 saturated carbocycles. The summed E-state index contributed by atoms with van der Waals surface area (Å²) < 4.78 is 2.94. The summed E-state index contributed by atoms with van der Waals surface area (Å²) in [5.41, 5.74) is 1.72. The third-order valence-electron chi connectivity index (χ3n) is 3.55. The van der Waals surface area contributed by atoms with Crippen LogP contribution in [0.3, 0.4) is 0 Å². The van der Waals surface area contributed by atoms with E-state index in [1.807, 2.05) is 37.4 Å². The lowest BCUT2D eigenvalue weighted by Gasteiger charge is -2.06. The van der Waals surface area contributed by atoms with E-state index >= 15 is 0 Å². The van der Waals surface area contributed by atoms with Crippen molar-refractivity contribution in [2.45, 2.75) is 31.2 Å². The fourth-order valence-electron chi connectivity index (χ4n) is 2.21. The molecule has 3 rings (SSSR count). The summed E-state index contributed by atoms with van der Waals surface area (Å²) in [6.45, 7) is 4.83. The van der Waals surface area contributed by atoms with Gasteiger partial charge in [-0.1, -0.05) is 42.2 Å². The minimum atomic E-state index is -0.173. The summed E-state index contributed by atoms with van der Waals surface area (Å²) >= 11 is 3.06. The molecular weight excluding hydrogens is 354 g/mol. The van der Waals surface area contributed by atoms with Crippen molar-refractivity contribution in [3.8, 4) is 0 Å². The molecule has 0 aliphatic heterocycles. The number of hydrogen-bond donors (Lipinski definition) is 1. The molecule has 0 atom stereocenters. The first-order valence-electron chi connectivity index (χ1n) is 8.00. The molecule has 3 aromatic rings. The van der Waals surface area contributed by atoms with Crippen molar-refractivity contribution in [2.24, 2.45) is 0 Å². The Hall–Kier alpha value is -2.19. The number of carbonyl (C=O) groups is 1. The molecule has 0 radical (unpaired) electrons. The highest BCUT2D eigenvalue weighted by atomic mass is 32.2. The van der Waals surface area contributed by atoms with Crippen LogP contribution in [0.1, 0.15) is 35.1 Å². The van der Waals surface area contributed by atoms with Crippen LogP contribution in [0.2, 0.25) is 0 Å². The number of nitrogens with one attached hydrogen (secondary N) is 1. The van der Waals surface area contributed by atoms with Crippen LogP contribution < -0.4 is 5.32 Å². The largest absolute Gasteiger partial charge is 0.331 e. The van der Waals surface area contributed by atoms with E-state index < -0.39 is 0 Å². The predicted molar refractivity (Wildman–Crippen MR) is 101 cm³/mol. The van der Waals surface area contributed by atoms with Crippen molar-refractivity contribution in [1.82, 2.24) is 19.7 Å². The maximum atomic E-state index is 12.3. The molecule has 0 spiro atoms. The normalized spacial score (nSPS) is 10.8. The third-order valence-corrected chi connectivity index (χ3v) is 5.73. The summed E-state index contributed by atoms with van der Waals surface area (Å²) in [4.78, 5) is 16.5. The number of imidazole rings is 1. The van der Waals surface area contributed by atoms with Gasteiger partial charge >= 0.3 is 0 Å². The zero-order valence-electron chi connectivity index (χ0n) is 14.1. The van der Waals surface area contributed by atoms with Gasteiger partial charge in [-0.3, -0.25) is 10.1 Å². The van der Waals surface area contributed by atoms with Gasteiger partial charge in [0.1, 0.15) is 5.82 Å². The second-order valence-corrected chi connectivity index (χ2v) is 7.79. The quantitative estimate of drug-likeness (QED) is 0.503. The summed E-state index contributed by atoms with van der Waals surface area (Å²) in [5, 5.41) is 11.4. The fraction of sp³-hybridized carbons (Fsp3) is 0.294. The number of thioether (sulfide) groups is 1. The Morgan fingerprint density at radius 1 is 1.28 bits per heavy atom. The Kier molecular flexibility index (Phi) is 5.83. The highest BCUT2D eigenvalue weighted by Gasteiger charge is 2.10. The van der Waals surface area contributed by atoms with E-state index in [9.17, 15) is 4.79 Å². The van der Waals surface area contributed by atoms with Gasteiger partial charge < -0.3 is 4.57 Å². The van der Waals surface area contributed by atoms with Gasteiger partial charge in [0.15, 0.2) is 4.34 Å². The van der Waals surface area contributed by atoms with Gasteiger partial charge in [-0.25, -0.2) is 4.98 Å². The SMILES string of the molecule is CCCSc1nnc(NC(=O)c2ccc(Cn3ccnc3C)cc2)s1. The topological polar surface area (TPSA) is 72.7 Å². The standard InChI is InChI=1S/C17H19N5OS2/c1-3-10-24-17-21-20-16(25-17)19-15(23)14-6-4-13(5-7-14)11-22-9-8-18-12(22)2/h4-9H,3,10-11H2,1-2H3,(H,19,20,23). The lowest BCUT2D eigenvalue weighted by molar-refractivity contribution is 0.102. The van der Waals surface area contributed by atoms with Crippen molar-refractivity contribution in [3.63, 3.8) is 0 Å². The monoisotopic (exact) mass is 373 g/mol. The number of rotatable bonds is 7. The first-order chi connectivity index (χ1) is 12.2. The van der Waals surface area contributed by atoms with Crippen LogP contribution in [0.25, 0.3) is 0 Å². The van der Waals surface area contributed by atoms with Crippen LogP contribution in [-0.4, -0.2) is 31.4 Å². The van der Waals surface area contributed by atoms with Crippen LogP contribution in [-0.2, 0) is 6.54 Å². The number of amides is 1. The van der Waals surface area contributed by atoms with E-state index in [1.165, 1.54) is 11.3 Å². The van der Waals surface area contributed by atoms with Gasteiger partial charge in [0.25, 0.3) is 5.91 Å². The number of hydrogen-bond acceptors (Lipinski definition) is 6. The Balaban J connectivity index is 1.60. The second kappa shape index (κ2) is 8.26. The predicted octanol–water partition coefficient (Wildman–Crippen LogP) is 3.85. The average Bonchev–Trinajstić information content (AvgIpc) is 3.23. The van der Waals surface area contributed by atoms with E-state index in [0.29, 0.717) is 10.7 Å². The van der Waals surface area contributed by atoms with Crippen molar-refractivity contribution in [3.05, 3.63) is 53.6 Å². The van der Waals surface area contributed by atoms with Gasteiger partial charge in [-0.05, 0) is 31.0 Å². The molecule has 1 aromatic carbocycles. The molecule has 0 unspecified atom stereocenters. The maximum absolute atomic E-state index is 12.3. The summed E-state index contributed by atoms with van der Waals surface area (Å²) in [6.07, 6.45) is 4.81. The average molecular weight is 374 g/mol. The summed E-state index contributed by atoms with van der Waals surface area (Å²) in [5.74, 6) is 1.80. The van der Waals surface area contributed by atoms with Crippen molar-refractivity contribution < 1.29 is 4.79 Å². The molecule has 0 aliphatic carbocycles. The molecule has 0 aliphatic rings. The molecule has 2 heterocycles. The van der Waals surface area contributed by atoms with Crippen molar-refractivity contribution in [2.75, 3.05) is 11.1 Å². The van der Waals surface area contributed by atoms with E-state index in [2.05, 4.69) is 32.0 Å². The Morgan fingerprint density at radius 2 is 2.08 bits per heavy atom. The number of anilines is 1. The maximum Gasteiger partial charge on any atom is 0.257 e. The number of carbonyl (C=O) groups excluding carboxylic acids is 1. The van der Waals surface area contributed by atoms with E-state index in [1.54, 1.807) is 18.0 Å². The lowest BCUT2D eigenvalue weighted by atomic mass is 10.1. The fourth-order valence-corrected chi connectivity index (χ4v) is 3.88. The molecular formula is C17H19N5OS2. The van der Waals surface area contributed by atoms with Gasteiger partial charge in [-0.2, -0.15) is 0 Å². The first kappa shape index (κ1) is 17.6. The first-order valence-corrected chi connectivity index (χ1v) is 9.80. The third kappa shape index (κ3) is 4.67. The molecule has 130 valence electrons. The Labute approximate surface area is 154 Å². The number of aromatic nitrogens is 4. The van der Waals surface area contributed by atoms with Crippen LogP contribution in [0, 0.1) is 6.92 Å². The molecule has 0 saturated heterocycles. The number of benzene rings is 1. The highest BCUT2D eigenvalue weighted by Crippen LogP contribution is 2.26. The van der Waals surface area contributed by atoms with Gasteiger partial charge in [-0.15, -0.1) is 10.2 Å². The Bertz CT molecular complexity index is 841. The van der Waals surface area contributed by atoms with Crippen LogP contribution in [0.4, 0.5) is 5.13 Å². The van der Waals surface area contributed by atoms with Crippen LogP contribution >= 0.6 is 23.1 Å². The number of aryl methyl sites for hydroxylation is 1. The molecule has 1 N–H and O–H groups in total. The highest BCUT2D eigenvalue weighted by molar-refractivity contribution is 8.01. The van der Waals surface area contributed by atoms with Crippen molar-refractivity contribution in [1.29, 1.82) is 0 Å². The lowest BCUT2D eigenvalue weighted by Crippen LogP contribution is -2.11. The molecule has 25 heavy (non-hydrogen) atoms. The zero-order valence-corrected chi connectivity index (χ0v) is 15.7. The van der Waals surface area contributed by atoms with Crippen LogP contribution in [0.15, 0.2) is 41.0 Å². The molecule has 0 fully saturated rings. The van der Waals surface area contributed by atoms with E-state index in [0.717, 1.165) is 34.4 Å². The summed E-state index contributed by atoms with van der Waals surface area (Å²) in [7, 11) is 0. The zero-order chi connectivity index (χ0) is 17.6. The van der Waals surface area contributed by atoms with Crippen molar-refractivity contribution >= 4 is 34.1 Å². The molecule has 0 bridgehead atoms. The van der Waals surface area contributed by atoms with Crippen LogP contribution in [0.5, 0.6) is 0 Å². The number of nitrogens with zero attached hydrogens (tertiary/aromatic N) is 4. The molecule has 6 nitrogen and oxygen atoms in total. The minimum absolute atomic E-state index is 0.173. The summed E-state index contributed by atoms with van der Waals surface area (Å²) in [6, 6.07) is 7.56. The Morgan fingerprint density at radius 3 is 2.76 bits per heavy atom. The molecule has 2 aromatic heterocycles. The van der Waals surface area contributed by atoms with Gasteiger partial charge in [0.2, 0.25) is 5.13 Å². The molecule has 8 heteroatoms. The van der Waals surface area contributed by atoms with Gasteiger partial charge in [0.05, 0.1) is 0 Å². The van der Waals surface area contributed by atoms with E-state index in [-0.39, 0.29) is 5.91 Å². The second-order valence-electron chi connectivity index (χ2n) is 5.47. The smallest absolute Gasteiger partial charge is 0.257 e. The van der Waals surface area contributed by atoms with Gasteiger partial charge in [0, 0.05) is 30.3 Å². The molecule has 1 amide bonds.